The van der Waals surface area contributed by atoms with E-state index in [1.165, 1.54) is 11.1 Å². The Morgan fingerprint density at radius 3 is 2.95 bits per heavy atom. The van der Waals surface area contributed by atoms with Crippen molar-refractivity contribution >= 4 is 0 Å². The summed E-state index contributed by atoms with van der Waals surface area (Å²) in [4.78, 5) is 0. The van der Waals surface area contributed by atoms with E-state index in [0.29, 0.717) is 6.04 Å². The molecular formula is C15H20N4. The zero-order valence-electron chi connectivity index (χ0n) is 11.6. The van der Waals surface area contributed by atoms with Gasteiger partial charge < -0.3 is 9.88 Å². The Morgan fingerprint density at radius 1 is 1.26 bits per heavy atom. The summed E-state index contributed by atoms with van der Waals surface area (Å²) in [5.41, 5.74) is 2.76. The summed E-state index contributed by atoms with van der Waals surface area (Å²) in [5, 5.41) is 12.1. The SMILES string of the molecule is Cc1ccccc1CCc1nnc2n1CCNC2C. The van der Waals surface area contributed by atoms with Gasteiger partial charge in [0.15, 0.2) is 0 Å². The lowest BCUT2D eigenvalue weighted by molar-refractivity contribution is 0.429. The van der Waals surface area contributed by atoms with Crippen molar-refractivity contribution in [2.45, 2.75) is 39.3 Å². The fourth-order valence-corrected chi connectivity index (χ4v) is 2.72. The van der Waals surface area contributed by atoms with Crippen LogP contribution in [0.15, 0.2) is 24.3 Å². The second kappa shape index (κ2) is 5.13. The fraction of sp³-hybridized carbons (Fsp3) is 0.467. The standard InChI is InChI=1S/C15H20N4/c1-11-5-3-4-6-13(11)7-8-14-17-18-15-12(2)16-9-10-19(14)15/h3-6,12,16H,7-10H2,1-2H3. The van der Waals surface area contributed by atoms with Gasteiger partial charge in [-0.05, 0) is 31.4 Å². The minimum Gasteiger partial charge on any atom is -0.312 e. The maximum Gasteiger partial charge on any atom is 0.149 e. The highest BCUT2D eigenvalue weighted by Crippen LogP contribution is 2.17. The summed E-state index contributed by atoms with van der Waals surface area (Å²) < 4.78 is 2.28. The first-order chi connectivity index (χ1) is 9.25. The molecule has 2 aromatic rings. The molecule has 19 heavy (non-hydrogen) atoms. The van der Waals surface area contributed by atoms with Crippen LogP contribution in [0.2, 0.25) is 0 Å². The molecule has 0 spiro atoms. The van der Waals surface area contributed by atoms with E-state index in [-0.39, 0.29) is 0 Å². The average molecular weight is 256 g/mol. The maximum atomic E-state index is 4.37. The highest BCUT2D eigenvalue weighted by Gasteiger charge is 2.20. The van der Waals surface area contributed by atoms with Crippen LogP contribution in [0.4, 0.5) is 0 Å². The fourth-order valence-electron chi connectivity index (χ4n) is 2.72. The quantitative estimate of drug-likeness (QED) is 0.914. The summed E-state index contributed by atoms with van der Waals surface area (Å²) in [6.45, 7) is 6.30. The molecule has 0 amide bonds. The number of aryl methyl sites for hydroxylation is 3. The number of aromatic nitrogens is 3. The van der Waals surface area contributed by atoms with E-state index in [9.17, 15) is 0 Å². The van der Waals surface area contributed by atoms with Gasteiger partial charge in [-0.15, -0.1) is 10.2 Å². The molecule has 1 aromatic heterocycles. The van der Waals surface area contributed by atoms with Crippen LogP contribution >= 0.6 is 0 Å². The van der Waals surface area contributed by atoms with Gasteiger partial charge in [-0.3, -0.25) is 0 Å². The molecule has 1 aliphatic heterocycles. The molecule has 0 fully saturated rings. The Kier molecular flexibility index (Phi) is 3.34. The number of rotatable bonds is 3. The Hall–Kier alpha value is -1.68. The highest BCUT2D eigenvalue weighted by atomic mass is 15.3. The molecule has 4 nitrogen and oxygen atoms in total. The van der Waals surface area contributed by atoms with Crippen LogP contribution in [0, 0.1) is 6.92 Å². The summed E-state index contributed by atoms with van der Waals surface area (Å²) in [5.74, 6) is 2.19. The molecule has 0 saturated carbocycles. The first-order valence-electron chi connectivity index (χ1n) is 6.95. The molecule has 1 aromatic carbocycles. The average Bonchev–Trinajstić information content (AvgIpc) is 2.83. The predicted molar refractivity (Wildman–Crippen MR) is 75.0 cm³/mol. The van der Waals surface area contributed by atoms with E-state index in [2.05, 4.69) is 58.2 Å². The molecular weight excluding hydrogens is 236 g/mol. The smallest absolute Gasteiger partial charge is 0.149 e. The van der Waals surface area contributed by atoms with Crippen molar-refractivity contribution < 1.29 is 0 Å². The van der Waals surface area contributed by atoms with Gasteiger partial charge in [0, 0.05) is 19.5 Å². The lowest BCUT2D eigenvalue weighted by Crippen LogP contribution is -2.32. The van der Waals surface area contributed by atoms with E-state index in [1.54, 1.807) is 0 Å². The van der Waals surface area contributed by atoms with Crippen LogP contribution in [-0.2, 0) is 19.4 Å². The third-order valence-corrected chi connectivity index (χ3v) is 3.91. The van der Waals surface area contributed by atoms with Crippen molar-refractivity contribution in [3.05, 3.63) is 47.0 Å². The summed E-state index contributed by atoms with van der Waals surface area (Å²) in [7, 11) is 0. The van der Waals surface area contributed by atoms with E-state index in [0.717, 1.165) is 37.6 Å². The molecule has 0 saturated heterocycles. The maximum absolute atomic E-state index is 4.37. The van der Waals surface area contributed by atoms with Gasteiger partial charge in [0.2, 0.25) is 0 Å². The van der Waals surface area contributed by atoms with Crippen molar-refractivity contribution in [1.29, 1.82) is 0 Å². The van der Waals surface area contributed by atoms with Gasteiger partial charge in [-0.25, -0.2) is 0 Å². The topological polar surface area (TPSA) is 42.7 Å². The normalized spacial score (nSPS) is 18.3. The van der Waals surface area contributed by atoms with E-state index >= 15 is 0 Å². The molecule has 0 bridgehead atoms. The molecule has 1 N–H and O–H groups in total. The van der Waals surface area contributed by atoms with Crippen LogP contribution in [-0.4, -0.2) is 21.3 Å². The number of nitrogens with zero attached hydrogens (tertiary/aromatic N) is 3. The van der Waals surface area contributed by atoms with Crippen LogP contribution < -0.4 is 5.32 Å². The van der Waals surface area contributed by atoms with Gasteiger partial charge in [0.05, 0.1) is 6.04 Å². The molecule has 4 heteroatoms. The first-order valence-corrected chi connectivity index (χ1v) is 6.95. The predicted octanol–water partition coefficient (Wildman–Crippen LogP) is 2.04. The minimum atomic E-state index is 0.313. The van der Waals surface area contributed by atoms with Gasteiger partial charge in [0.1, 0.15) is 11.6 Å². The van der Waals surface area contributed by atoms with Crippen molar-refractivity contribution in [2.75, 3.05) is 6.54 Å². The van der Waals surface area contributed by atoms with Crippen molar-refractivity contribution in [1.82, 2.24) is 20.1 Å². The number of benzene rings is 1. The molecule has 100 valence electrons. The van der Waals surface area contributed by atoms with Crippen LogP contribution in [0.3, 0.4) is 0 Å². The van der Waals surface area contributed by atoms with E-state index in [4.69, 9.17) is 0 Å². The molecule has 0 radical (unpaired) electrons. The number of fused-ring (bicyclic) bond motifs is 1. The van der Waals surface area contributed by atoms with Gasteiger partial charge >= 0.3 is 0 Å². The summed E-state index contributed by atoms with van der Waals surface area (Å²) in [6, 6.07) is 8.88. The molecule has 1 aliphatic rings. The van der Waals surface area contributed by atoms with Gasteiger partial charge in [-0.2, -0.15) is 0 Å². The van der Waals surface area contributed by atoms with Gasteiger partial charge in [-0.1, -0.05) is 24.3 Å². The third kappa shape index (κ3) is 2.40. The monoisotopic (exact) mass is 256 g/mol. The zero-order valence-corrected chi connectivity index (χ0v) is 11.6. The Balaban J connectivity index is 1.76. The lowest BCUT2D eigenvalue weighted by atomic mass is 10.0. The lowest BCUT2D eigenvalue weighted by Gasteiger charge is -2.21. The summed E-state index contributed by atoms with van der Waals surface area (Å²) >= 11 is 0. The van der Waals surface area contributed by atoms with Crippen molar-refractivity contribution in [3.8, 4) is 0 Å². The number of hydrogen-bond acceptors (Lipinski definition) is 3. The summed E-state index contributed by atoms with van der Waals surface area (Å²) in [6.07, 6.45) is 2.00. The van der Waals surface area contributed by atoms with Crippen LogP contribution in [0.1, 0.15) is 35.7 Å². The second-order valence-electron chi connectivity index (χ2n) is 5.23. The first kappa shape index (κ1) is 12.4. The Morgan fingerprint density at radius 2 is 2.11 bits per heavy atom. The Labute approximate surface area is 113 Å². The van der Waals surface area contributed by atoms with Gasteiger partial charge in [0.25, 0.3) is 0 Å². The Bertz CT molecular complexity index is 573. The van der Waals surface area contributed by atoms with Crippen molar-refractivity contribution in [2.24, 2.45) is 0 Å². The van der Waals surface area contributed by atoms with E-state index in [1.807, 2.05) is 0 Å². The minimum absolute atomic E-state index is 0.313. The molecule has 3 rings (SSSR count). The molecule has 1 unspecified atom stereocenters. The second-order valence-corrected chi connectivity index (χ2v) is 5.23. The molecule has 0 aliphatic carbocycles. The van der Waals surface area contributed by atoms with E-state index < -0.39 is 0 Å². The van der Waals surface area contributed by atoms with Crippen LogP contribution in [0.25, 0.3) is 0 Å². The zero-order chi connectivity index (χ0) is 13.2. The highest BCUT2D eigenvalue weighted by molar-refractivity contribution is 5.26. The number of hydrogen-bond donors (Lipinski definition) is 1. The van der Waals surface area contributed by atoms with Crippen LogP contribution in [0.5, 0.6) is 0 Å². The molecule has 1 atom stereocenters. The third-order valence-electron chi connectivity index (χ3n) is 3.91. The van der Waals surface area contributed by atoms with Crippen molar-refractivity contribution in [3.63, 3.8) is 0 Å². The molecule has 2 heterocycles. The largest absolute Gasteiger partial charge is 0.312 e. The number of nitrogens with one attached hydrogen (secondary N) is 1.